The first kappa shape index (κ1) is 14.4. The molecule has 0 aliphatic carbocycles. The van der Waals surface area contributed by atoms with Gasteiger partial charge in [-0.3, -0.25) is 0 Å². The van der Waals surface area contributed by atoms with Crippen molar-refractivity contribution in [2.45, 2.75) is 0 Å². The molecule has 0 aromatic heterocycles. The van der Waals surface area contributed by atoms with Gasteiger partial charge >= 0.3 is 0 Å². The van der Waals surface area contributed by atoms with Gasteiger partial charge in [0.05, 0.1) is 14.2 Å². The number of ether oxygens (including phenoxy) is 2. The van der Waals surface area contributed by atoms with Crippen LogP contribution in [0.2, 0.25) is 0 Å². The van der Waals surface area contributed by atoms with Crippen LogP contribution in [-0.2, 0) is 0 Å². The second-order valence-corrected chi connectivity index (χ2v) is 4.22. The fourth-order valence-corrected chi connectivity index (χ4v) is 1.78. The summed E-state index contributed by atoms with van der Waals surface area (Å²) < 4.78 is 10.1. The third-order valence-corrected chi connectivity index (χ3v) is 2.73. The van der Waals surface area contributed by atoms with Gasteiger partial charge in [-0.25, -0.2) is 0 Å². The zero-order chi connectivity index (χ0) is 15.4. The normalized spacial score (nSPS) is 9.62. The van der Waals surface area contributed by atoms with Crippen LogP contribution < -0.4 is 9.47 Å². The summed E-state index contributed by atoms with van der Waals surface area (Å²) in [7, 11) is 2.86. The number of methoxy groups -OCH3 is 2. The summed E-state index contributed by atoms with van der Waals surface area (Å²) in [6, 6.07) is 7.21. The molecule has 108 valence electrons. The largest absolute Gasteiger partial charge is 0.508 e. The highest BCUT2D eigenvalue weighted by molar-refractivity contribution is 5.57. The van der Waals surface area contributed by atoms with E-state index in [1.54, 1.807) is 12.1 Å². The molecule has 3 N–H and O–H groups in total. The van der Waals surface area contributed by atoms with Gasteiger partial charge in [-0.2, -0.15) is 0 Å². The molecule has 0 unspecified atom stereocenters. The molecule has 0 aliphatic heterocycles. The molecule has 0 heterocycles. The predicted molar refractivity (Wildman–Crippen MR) is 77.0 cm³/mol. The maximum atomic E-state index is 9.81. The number of rotatable bonds is 2. The SMILES string of the molecule is COc1cc(C#Cc2cc(O)cc(O)c2)cc(OC)c1O. The zero-order valence-corrected chi connectivity index (χ0v) is 11.5. The number of phenolic OH excluding ortho intramolecular Hbond substituents is 3. The lowest BCUT2D eigenvalue weighted by Gasteiger charge is -2.08. The van der Waals surface area contributed by atoms with Crippen molar-refractivity contribution in [2.24, 2.45) is 0 Å². The van der Waals surface area contributed by atoms with E-state index in [2.05, 4.69) is 11.8 Å². The Bertz CT molecular complexity index is 680. The molecular formula is C16H14O5. The maximum absolute atomic E-state index is 9.81. The smallest absolute Gasteiger partial charge is 0.200 e. The Labute approximate surface area is 122 Å². The third kappa shape index (κ3) is 3.31. The lowest BCUT2D eigenvalue weighted by atomic mass is 10.1. The molecule has 0 amide bonds. The second-order valence-electron chi connectivity index (χ2n) is 4.22. The maximum Gasteiger partial charge on any atom is 0.200 e. The molecule has 0 spiro atoms. The minimum atomic E-state index is -0.0967. The van der Waals surface area contributed by atoms with Crippen molar-refractivity contribution in [3.05, 3.63) is 41.5 Å². The van der Waals surface area contributed by atoms with Crippen molar-refractivity contribution in [2.75, 3.05) is 14.2 Å². The van der Waals surface area contributed by atoms with Crippen LogP contribution in [0.5, 0.6) is 28.7 Å². The molecule has 0 saturated heterocycles. The zero-order valence-electron chi connectivity index (χ0n) is 11.5. The van der Waals surface area contributed by atoms with Crippen LogP contribution in [0.3, 0.4) is 0 Å². The average molecular weight is 286 g/mol. The molecule has 0 radical (unpaired) electrons. The number of aromatic hydroxyl groups is 3. The molecular weight excluding hydrogens is 272 g/mol. The van der Waals surface area contributed by atoms with Crippen molar-refractivity contribution in [1.82, 2.24) is 0 Å². The van der Waals surface area contributed by atoms with Gasteiger partial charge in [-0.15, -0.1) is 0 Å². The van der Waals surface area contributed by atoms with Crippen LogP contribution >= 0.6 is 0 Å². The Hall–Kier alpha value is -3.00. The quantitative estimate of drug-likeness (QED) is 0.738. The van der Waals surface area contributed by atoms with Gasteiger partial charge in [-0.05, 0) is 24.3 Å². The molecule has 0 bridgehead atoms. The molecule has 2 aromatic rings. The van der Waals surface area contributed by atoms with E-state index in [1.807, 2.05) is 0 Å². The summed E-state index contributed by atoms with van der Waals surface area (Å²) >= 11 is 0. The van der Waals surface area contributed by atoms with Gasteiger partial charge in [0.15, 0.2) is 11.5 Å². The van der Waals surface area contributed by atoms with E-state index in [1.165, 1.54) is 32.4 Å². The number of hydrogen-bond donors (Lipinski definition) is 3. The van der Waals surface area contributed by atoms with Gasteiger partial charge < -0.3 is 24.8 Å². The van der Waals surface area contributed by atoms with E-state index in [9.17, 15) is 15.3 Å². The van der Waals surface area contributed by atoms with Crippen LogP contribution in [-0.4, -0.2) is 29.5 Å². The molecule has 0 aliphatic rings. The van der Waals surface area contributed by atoms with Crippen LogP contribution in [0.25, 0.3) is 0 Å². The molecule has 5 heteroatoms. The van der Waals surface area contributed by atoms with Gasteiger partial charge in [0.2, 0.25) is 5.75 Å². The first-order chi connectivity index (χ1) is 10.0. The van der Waals surface area contributed by atoms with Crippen molar-refractivity contribution < 1.29 is 24.8 Å². The summed E-state index contributed by atoms with van der Waals surface area (Å²) in [4.78, 5) is 0. The Morgan fingerprint density at radius 3 is 1.57 bits per heavy atom. The Balaban J connectivity index is 2.42. The topological polar surface area (TPSA) is 79.2 Å². The minimum absolute atomic E-state index is 0.0693. The van der Waals surface area contributed by atoms with Crippen molar-refractivity contribution >= 4 is 0 Å². The van der Waals surface area contributed by atoms with Crippen LogP contribution in [0.15, 0.2) is 30.3 Å². The lowest BCUT2D eigenvalue weighted by Crippen LogP contribution is -1.90. The van der Waals surface area contributed by atoms with Gasteiger partial charge in [0, 0.05) is 17.2 Å². The van der Waals surface area contributed by atoms with Gasteiger partial charge in [0.25, 0.3) is 0 Å². The molecule has 5 nitrogen and oxygen atoms in total. The number of phenols is 3. The van der Waals surface area contributed by atoms with E-state index in [0.717, 1.165) is 0 Å². The summed E-state index contributed by atoms with van der Waals surface area (Å²) in [5, 5.41) is 28.6. The Kier molecular flexibility index (Phi) is 4.10. The molecule has 0 atom stereocenters. The van der Waals surface area contributed by atoms with E-state index in [4.69, 9.17) is 9.47 Å². The van der Waals surface area contributed by atoms with E-state index >= 15 is 0 Å². The highest BCUT2D eigenvalue weighted by atomic mass is 16.5. The van der Waals surface area contributed by atoms with Crippen LogP contribution in [0, 0.1) is 11.8 Å². The van der Waals surface area contributed by atoms with Gasteiger partial charge in [-0.1, -0.05) is 11.8 Å². The second kappa shape index (κ2) is 5.97. The average Bonchev–Trinajstić information content (AvgIpc) is 2.45. The monoisotopic (exact) mass is 286 g/mol. The number of hydrogen-bond acceptors (Lipinski definition) is 5. The van der Waals surface area contributed by atoms with E-state index < -0.39 is 0 Å². The van der Waals surface area contributed by atoms with Crippen LogP contribution in [0.1, 0.15) is 11.1 Å². The summed E-state index contributed by atoms with van der Waals surface area (Å²) in [5.74, 6) is 5.91. The Morgan fingerprint density at radius 1 is 0.714 bits per heavy atom. The summed E-state index contributed by atoms with van der Waals surface area (Å²) in [6.45, 7) is 0. The van der Waals surface area contributed by atoms with Crippen LogP contribution in [0.4, 0.5) is 0 Å². The summed E-state index contributed by atoms with van der Waals surface area (Å²) in [5.41, 5.74) is 1.02. The Morgan fingerprint density at radius 2 is 1.14 bits per heavy atom. The predicted octanol–water partition coefficient (Wildman–Crippen LogP) is 2.22. The van der Waals surface area contributed by atoms with E-state index in [0.29, 0.717) is 11.1 Å². The number of benzene rings is 2. The van der Waals surface area contributed by atoms with Crippen molar-refractivity contribution in [3.8, 4) is 40.6 Å². The molecule has 0 fully saturated rings. The molecule has 2 aromatic carbocycles. The lowest BCUT2D eigenvalue weighted by molar-refractivity contribution is 0.339. The van der Waals surface area contributed by atoms with E-state index in [-0.39, 0.29) is 28.7 Å². The standard InChI is InChI=1S/C16H14O5/c1-20-14-7-11(8-15(21-2)16(14)19)4-3-10-5-12(17)9-13(18)6-10/h5-9,17-19H,1-2H3. The molecule has 21 heavy (non-hydrogen) atoms. The fourth-order valence-electron chi connectivity index (χ4n) is 1.78. The third-order valence-electron chi connectivity index (χ3n) is 2.73. The first-order valence-corrected chi connectivity index (χ1v) is 6.03. The molecule has 2 rings (SSSR count). The van der Waals surface area contributed by atoms with Crippen molar-refractivity contribution in [3.63, 3.8) is 0 Å². The summed E-state index contributed by atoms with van der Waals surface area (Å²) in [6.07, 6.45) is 0. The van der Waals surface area contributed by atoms with Gasteiger partial charge in [0.1, 0.15) is 11.5 Å². The molecule has 0 saturated carbocycles. The highest BCUT2D eigenvalue weighted by Gasteiger charge is 2.10. The first-order valence-electron chi connectivity index (χ1n) is 6.03. The minimum Gasteiger partial charge on any atom is -0.508 e. The highest BCUT2D eigenvalue weighted by Crippen LogP contribution is 2.36. The van der Waals surface area contributed by atoms with Crippen molar-refractivity contribution in [1.29, 1.82) is 0 Å². The fraction of sp³-hybridized carbons (Fsp3) is 0.125.